The molecule has 1 aliphatic heterocycles. The summed E-state index contributed by atoms with van der Waals surface area (Å²) in [5.41, 5.74) is 13.3. The number of nitrogens with one attached hydrogen (secondary N) is 2. The minimum atomic E-state index is -1.18. The number of aliphatic imine (C=N–C) groups is 1. The average molecular weight is 773 g/mol. The van der Waals surface area contributed by atoms with Gasteiger partial charge in [0.05, 0.1) is 23.0 Å². The molecule has 13 heteroatoms. The second-order valence-electron chi connectivity index (χ2n) is 16.3. The highest BCUT2D eigenvalue weighted by Gasteiger charge is 2.31. The summed E-state index contributed by atoms with van der Waals surface area (Å²) in [6.07, 6.45) is 15.2. The normalized spacial score (nSPS) is 18.9. The van der Waals surface area contributed by atoms with Crippen molar-refractivity contribution in [3.8, 4) is 11.4 Å². The van der Waals surface area contributed by atoms with E-state index in [1.807, 2.05) is 42.7 Å². The third-order valence-corrected chi connectivity index (χ3v) is 12.7. The molecule has 7 N–H and O–H groups in total. The molecule has 1 aliphatic carbocycles. The minimum Gasteiger partial charge on any atom is -0.480 e. The van der Waals surface area contributed by atoms with Gasteiger partial charge in [0.2, 0.25) is 5.91 Å². The summed E-state index contributed by atoms with van der Waals surface area (Å²) in [5, 5.41) is 15.3. The number of aromatic nitrogens is 2. The molecule has 0 radical (unpaired) electrons. The van der Waals surface area contributed by atoms with Crippen LogP contribution >= 0.6 is 11.3 Å². The van der Waals surface area contributed by atoms with Gasteiger partial charge in [-0.1, -0.05) is 77.6 Å². The van der Waals surface area contributed by atoms with Crippen LogP contribution in [0.15, 0.2) is 53.8 Å². The molecule has 0 unspecified atom stereocenters. The van der Waals surface area contributed by atoms with E-state index >= 15 is 0 Å². The fourth-order valence-electron chi connectivity index (χ4n) is 7.98. The second-order valence-corrected chi connectivity index (χ2v) is 17.4. The highest BCUT2D eigenvalue weighted by Crippen LogP contribution is 2.39. The summed E-state index contributed by atoms with van der Waals surface area (Å²) in [6.45, 7) is 10.8. The number of hydrogen-bond acceptors (Lipinski definition) is 8. The topological polar surface area (TPSA) is 189 Å². The predicted octanol–water partition coefficient (Wildman–Crippen LogP) is 6.29. The molecule has 3 aromatic rings. The van der Waals surface area contributed by atoms with Crippen LogP contribution in [0.4, 0.5) is 5.69 Å². The smallest absolute Gasteiger partial charge is 0.326 e. The number of guanidine groups is 1. The monoisotopic (exact) mass is 772 g/mol. The quantitative estimate of drug-likeness (QED) is 0.0633. The third kappa shape index (κ3) is 12.0. The molecule has 2 aliphatic rings. The highest BCUT2D eigenvalue weighted by molar-refractivity contribution is 7.14. The van der Waals surface area contributed by atoms with Gasteiger partial charge in [-0.3, -0.25) is 14.6 Å². The van der Waals surface area contributed by atoms with Crippen LogP contribution in [0.3, 0.4) is 0 Å². The van der Waals surface area contributed by atoms with Gasteiger partial charge < -0.3 is 32.1 Å². The maximum atomic E-state index is 13.6. The third-order valence-electron chi connectivity index (χ3n) is 11.2. The van der Waals surface area contributed by atoms with Gasteiger partial charge in [0.25, 0.3) is 5.91 Å². The molecule has 3 heterocycles. The summed E-state index contributed by atoms with van der Waals surface area (Å²) < 4.78 is 0. The first kappa shape index (κ1) is 41.6. The Bertz CT molecular complexity index is 1730. The van der Waals surface area contributed by atoms with E-state index in [0.717, 1.165) is 52.5 Å². The van der Waals surface area contributed by atoms with Crippen LogP contribution < -0.4 is 27.0 Å². The van der Waals surface area contributed by atoms with E-state index in [4.69, 9.17) is 21.4 Å². The molecular weight excluding hydrogens is 713 g/mol. The van der Waals surface area contributed by atoms with Gasteiger partial charge in [-0.25, -0.2) is 14.8 Å². The number of amides is 2. The summed E-state index contributed by atoms with van der Waals surface area (Å²) in [5.74, 6) is 0.998. The first-order valence-electron chi connectivity index (χ1n) is 20.0. The second kappa shape index (κ2) is 19.4. The van der Waals surface area contributed by atoms with Crippen LogP contribution in [0.1, 0.15) is 112 Å². The first-order valence-corrected chi connectivity index (χ1v) is 20.8. The van der Waals surface area contributed by atoms with Crippen molar-refractivity contribution < 1.29 is 19.5 Å². The van der Waals surface area contributed by atoms with E-state index in [9.17, 15) is 19.5 Å². The van der Waals surface area contributed by atoms with Crippen molar-refractivity contribution in [2.75, 3.05) is 24.5 Å². The van der Waals surface area contributed by atoms with Crippen molar-refractivity contribution in [3.63, 3.8) is 0 Å². The van der Waals surface area contributed by atoms with Gasteiger partial charge in [-0.15, -0.1) is 11.3 Å². The zero-order valence-corrected chi connectivity index (χ0v) is 33.7. The number of anilines is 1. The van der Waals surface area contributed by atoms with Crippen molar-refractivity contribution >= 4 is 40.8 Å². The van der Waals surface area contributed by atoms with Gasteiger partial charge in [0.15, 0.2) is 11.8 Å². The number of aliphatic carboxylic acids is 1. The van der Waals surface area contributed by atoms with Crippen molar-refractivity contribution in [1.29, 1.82) is 0 Å². The lowest BCUT2D eigenvalue weighted by Crippen LogP contribution is -2.52. The van der Waals surface area contributed by atoms with Crippen LogP contribution in [0.25, 0.3) is 11.4 Å². The number of carboxylic acids is 1. The SMILES string of the molecule is CCCC1CCC(C2CCN(c3cnc(-c4ccc(C[C@H](NC(=O)c5ccc(C(C)(C)C)s5)C(=O)N[C@@H](CCCN=C(N)N)C(=O)O)cc4)nc3)CC2)CC1. The van der Waals surface area contributed by atoms with E-state index < -0.39 is 29.9 Å². The molecule has 2 aromatic heterocycles. The standard InChI is InChI=1S/C42H60N8O4S/c1-5-7-27-9-13-29(14-10-27)30-19-22-50(23-20-30)32-25-46-37(47-26-32)31-15-11-28(12-16-31)24-34(49-39(52)35-17-18-36(55-35)42(2,3)4)38(51)48-33(40(53)54)8-6-21-45-41(43)44/h11-12,15-18,25-27,29-30,33-34H,5-10,13-14,19-24H2,1-4H3,(H,48,51)(H,49,52)(H,53,54)(H4,43,44,45)/t27?,29?,33-,34-/m0/s1. The molecular formula is C42H60N8O4S. The summed E-state index contributed by atoms with van der Waals surface area (Å²) in [7, 11) is 0. The fraction of sp³-hybridized carbons (Fsp3) is 0.571. The number of rotatable bonds is 16. The Morgan fingerprint density at radius 1 is 0.927 bits per heavy atom. The lowest BCUT2D eigenvalue weighted by Gasteiger charge is -2.39. The van der Waals surface area contributed by atoms with E-state index in [0.29, 0.717) is 17.1 Å². The molecule has 55 heavy (non-hydrogen) atoms. The van der Waals surface area contributed by atoms with Crippen LogP contribution in [0.2, 0.25) is 0 Å². The van der Waals surface area contributed by atoms with Gasteiger partial charge in [0.1, 0.15) is 12.1 Å². The number of nitrogens with two attached hydrogens (primary N) is 2. The lowest BCUT2D eigenvalue weighted by atomic mass is 9.72. The van der Waals surface area contributed by atoms with Crippen molar-refractivity contribution in [2.24, 2.45) is 34.2 Å². The van der Waals surface area contributed by atoms with E-state index in [2.05, 4.69) is 48.2 Å². The lowest BCUT2D eigenvalue weighted by molar-refractivity contribution is -0.142. The Morgan fingerprint density at radius 3 is 2.16 bits per heavy atom. The largest absolute Gasteiger partial charge is 0.480 e. The Labute approximate surface area is 330 Å². The number of carbonyl (C=O) groups excluding carboxylic acids is 2. The Balaban J connectivity index is 1.21. The maximum Gasteiger partial charge on any atom is 0.326 e. The van der Waals surface area contributed by atoms with Crippen molar-refractivity contribution in [3.05, 3.63) is 64.1 Å². The number of piperidine rings is 1. The molecule has 0 bridgehead atoms. The van der Waals surface area contributed by atoms with E-state index in [-0.39, 0.29) is 30.8 Å². The number of benzene rings is 1. The summed E-state index contributed by atoms with van der Waals surface area (Å²) >= 11 is 1.37. The van der Waals surface area contributed by atoms with Gasteiger partial charge in [0, 0.05) is 36.5 Å². The van der Waals surface area contributed by atoms with Crippen LogP contribution in [0.5, 0.6) is 0 Å². The molecule has 2 atom stereocenters. The van der Waals surface area contributed by atoms with Crippen molar-refractivity contribution in [2.45, 2.75) is 116 Å². The zero-order valence-electron chi connectivity index (χ0n) is 32.9. The van der Waals surface area contributed by atoms with Gasteiger partial charge >= 0.3 is 5.97 Å². The van der Waals surface area contributed by atoms with Gasteiger partial charge in [-0.05, 0) is 79.4 Å². The molecule has 5 rings (SSSR count). The van der Waals surface area contributed by atoms with E-state index in [1.165, 1.54) is 62.7 Å². The average Bonchev–Trinajstić information content (AvgIpc) is 3.69. The zero-order chi connectivity index (χ0) is 39.5. The summed E-state index contributed by atoms with van der Waals surface area (Å²) in [6, 6.07) is 9.02. The fourth-order valence-corrected chi connectivity index (χ4v) is 8.95. The van der Waals surface area contributed by atoms with Crippen LogP contribution in [0, 0.1) is 17.8 Å². The first-order chi connectivity index (χ1) is 26.3. The summed E-state index contributed by atoms with van der Waals surface area (Å²) in [4.78, 5) is 56.4. The molecule has 1 aromatic carbocycles. The molecule has 2 amide bonds. The minimum absolute atomic E-state index is 0.0863. The number of hydrogen-bond donors (Lipinski definition) is 5. The molecule has 1 saturated heterocycles. The Kier molecular flexibility index (Phi) is 14.7. The Hall–Kier alpha value is -4.52. The van der Waals surface area contributed by atoms with Gasteiger partial charge in [-0.2, -0.15) is 0 Å². The van der Waals surface area contributed by atoms with E-state index in [1.54, 1.807) is 6.07 Å². The number of carboxylic acid groups (broad SMARTS) is 1. The molecule has 298 valence electrons. The number of thiophene rings is 1. The van der Waals surface area contributed by atoms with Crippen LogP contribution in [-0.2, 0) is 21.4 Å². The van der Waals surface area contributed by atoms with Crippen LogP contribution in [-0.4, -0.2) is 70.5 Å². The molecule has 12 nitrogen and oxygen atoms in total. The highest BCUT2D eigenvalue weighted by atomic mass is 32.1. The van der Waals surface area contributed by atoms with Crippen molar-refractivity contribution in [1.82, 2.24) is 20.6 Å². The Morgan fingerprint density at radius 2 is 1.58 bits per heavy atom. The molecule has 1 saturated carbocycles. The number of nitrogens with zero attached hydrogens (tertiary/aromatic N) is 4. The maximum absolute atomic E-state index is 13.6. The molecule has 0 spiro atoms. The predicted molar refractivity (Wildman–Crippen MR) is 220 cm³/mol. The molecule has 2 fully saturated rings. The number of carbonyl (C=O) groups is 3.